The van der Waals surface area contributed by atoms with Gasteiger partial charge in [-0.05, 0) is 24.1 Å². The Labute approximate surface area is 222 Å². The van der Waals surface area contributed by atoms with Gasteiger partial charge in [0.25, 0.3) is 0 Å². The Balaban J connectivity index is 1.75. The van der Waals surface area contributed by atoms with Gasteiger partial charge in [-0.1, -0.05) is 42.5 Å². The monoisotopic (exact) mass is 571 g/mol. The van der Waals surface area contributed by atoms with Crippen LogP contribution in [0.2, 0.25) is 0 Å². The van der Waals surface area contributed by atoms with Gasteiger partial charge in [-0.2, -0.15) is 13.2 Å². The molecule has 0 unspecified atom stereocenters. The van der Waals surface area contributed by atoms with E-state index in [-0.39, 0.29) is 37.4 Å². The molecule has 0 atom stereocenters. The van der Waals surface area contributed by atoms with Gasteiger partial charge in [-0.3, -0.25) is 9.69 Å². The first kappa shape index (κ1) is 30.0. The Kier molecular flexibility index (Phi) is 9.68. The van der Waals surface area contributed by atoms with Crippen molar-refractivity contribution in [1.29, 1.82) is 0 Å². The molecule has 0 spiro atoms. The van der Waals surface area contributed by atoms with Crippen LogP contribution in [0.4, 0.5) is 22.0 Å². The summed E-state index contributed by atoms with van der Waals surface area (Å²) >= 11 is 0. The molecule has 0 aliphatic heterocycles. The lowest BCUT2D eigenvalue weighted by Gasteiger charge is -2.24. The van der Waals surface area contributed by atoms with Gasteiger partial charge in [0.2, 0.25) is 0 Å². The number of alkyl halides is 3. The fraction of sp³-hybridized carbons (Fsp3) is 0.296. The van der Waals surface area contributed by atoms with Crippen molar-refractivity contribution < 1.29 is 45.0 Å². The summed E-state index contributed by atoms with van der Waals surface area (Å²) < 4.78 is 98.5. The summed E-state index contributed by atoms with van der Waals surface area (Å²) in [6, 6.07) is 14.1. The van der Waals surface area contributed by atoms with Crippen LogP contribution in [0.5, 0.6) is 5.75 Å². The van der Waals surface area contributed by atoms with E-state index in [1.165, 1.54) is 6.07 Å². The molecule has 210 valence electrons. The molecule has 12 heteroatoms. The van der Waals surface area contributed by atoms with Crippen LogP contribution in [0.3, 0.4) is 0 Å². The Morgan fingerprint density at radius 3 is 2.31 bits per heavy atom. The number of aliphatic carboxylic acids is 1. The molecule has 0 radical (unpaired) electrons. The summed E-state index contributed by atoms with van der Waals surface area (Å²) in [5.74, 6) is -3.91. The number of benzene rings is 3. The molecule has 6 nitrogen and oxygen atoms in total. The second kappa shape index (κ2) is 12.6. The lowest BCUT2D eigenvalue weighted by atomic mass is 10.1. The molecule has 0 saturated heterocycles. The SMILES string of the molecule is CS(=O)(=O)c1cc(OCCCN(Cc2ccccc2)Cc2cccc(C(F)(F)F)c2F)cc(F)c1CC(=O)O. The summed E-state index contributed by atoms with van der Waals surface area (Å²) in [4.78, 5) is 12.3. The number of sulfone groups is 1. The molecular formula is C27H26F5NO5S. The Hall–Kier alpha value is -3.51. The predicted molar refractivity (Wildman–Crippen MR) is 133 cm³/mol. The number of halogens is 5. The molecule has 3 rings (SSSR count). The van der Waals surface area contributed by atoms with Crippen LogP contribution in [0.1, 0.15) is 28.7 Å². The van der Waals surface area contributed by atoms with E-state index in [0.717, 1.165) is 30.0 Å². The Morgan fingerprint density at radius 2 is 1.69 bits per heavy atom. The lowest BCUT2D eigenvalue weighted by molar-refractivity contribution is -0.140. The van der Waals surface area contributed by atoms with Gasteiger partial charge < -0.3 is 9.84 Å². The molecule has 0 aliphatic carbocycles. The average molecular weight is 572 g/mol. The number of ether oxygens (including phenoxy) is 1. The maximum atomic E-state index is 14.7. The fourth-order valence-electron chi connectivity index (χ4n) is 4.02. The van der Waals surface area contributed by atoms with E-state index in [9.17, 15) is 35.2 Å². The van der Waals surface area contributed by atoms with Crippen LogP contribution in [0, 0.1) is 11.6 Å². The van der Waals surface area contributed by atoms with E-state index in [1.807, 2.05) is 12.1 Å². The lowest BCUT2D eigenvalue weighted by Crippen LogP contribution is -2.26. The highest BCUT2D eigenvalue weighted by Crippen LogP contribution is 2.33. The Bertz CT molecular complexity index is 1410. The average Bonchev–Trinajstić information content (AvgIpc) is 2.83. The summed E-state index contributed by atoms with van der Waals surface area (Å²) in [7, 11) is -3.96. The van der Waals surface area contributed by atoms with Crippen molar-refractivity contribution >= 4 is 15.8 Å². The van der Waals surface area contributed by atoms with E-state index in [1.54, 1.807) is 23.1 Å². The first-order valence-corrected chi connectivity index (χ1v) is 13.6. The zero-order valence-corrected chi connectivity index (χ0v) is 21.7. The topological polar surface area (TPSA) is 83.9 Å². The van der Waals surface area contributed by atoms with Crippen molar-refractivity contribution in [3.05, 3.63) is 94.6 Å². The van der Waals surface area contributed by atoms with Gasteiger partial charge >= 0.3 is 12.1 Å². The zero-order valence-electron chi connectivity index (χ0n) is 20.8. The third kappa shape index (κ3) is 8.49. The van der Waals surface area contributed by atoms with Crippen molar-refractivity contribution in [3.63, 3.8) is 0 Å². The predicted octanol–water partition coefficient (Wildman–Crippen LogP) is 5.49. The Morgan fingerprint density at radius 1 is 1.00 bits per heavy atom. The molecule has 0 saturated carbocycles. The molecule has 0 aliphatic rings. The van der Waals surface area contributed by atoms with Gasteiger partial charge in [0.15, 0.2) is 9.84 Å². The molecule has 3 aromatic rings. The highest BCUT2D eigenvalue weighted by Gasteiger charge is 2.35. The fourth-order valence-corrected chi connectivity index (χ4v) is 4.97. The molecule has 0 fully saturated rings. The summed E-state index contributed by atoms with van der Waals surface area (Å²) in [6.45, 7) is 0.398. The number of carboxylic acids is 1. The third-order valence-corrected chi connectivity index (χ3v) is 6.93. The van der Waals surface area contributed by atoms with Gasteiger partial charge in [-0.15, -0.1) is 0 Å². The van der Waals surface area contributed by atoms with Crippen LogP contribution in [0.15, 0.2) is 65.6 Å². The van der Waals surface area contributed by atoms with Gasteiger partial charge in [0, 0.05) is 43.1 Å². The first-order chi connectivity index (χ1) is 18.3. The van der Waals surface area contributed by atoms with E-state index in [4.69, 9.17) is 9.84 Å². The maximum Gasteiger partial charge on any atom is 0.419 e. The first-order valence-electron chi connectivity index (χ1n) is 11.7. The van der Waals surface area contributed by atoms with Crippen molar-refractivity contribution in [2.75, 3.05) is 19.4 Å². The molecule has 0 heterocycles. The molecule has 1 N–H and O–H groups in total. The van der Waals surface area contributed by atoms with Crippen LogP contribution in [0.25, 0.3) is 0 Å². The number of hydrogen-bond donors (Lipinski definition) is 1. The van der Waals surface area contributed by atoms with E-state index in [2.05, 4.69) is 0 Å². The second-order valence-electron chi connectivity index (χ2n) is 8.90. The van der Waals surface area contributed by atoms with Crippen LogP contribution in [-0.4, -0.2) is 43.8 Å². The number of carboxylic acid groups (broad SMARTS) is 1. The minimum Gasteiger partial charge on any atom is -0.493 e. The molecule has 0 bridgehead atoms. The van der Waals surface area contributed by atoms with Crippen molar-refractivity contribution in [2.24, 2.45) is 0 Å². The van der Waals surface area contributed by atoms with Crippen LogP contribution >= 0.6 is 0 Å². The molecule has 3 aromatic carbocycles. The molecule has 0 aromatic heterocycles. The summed E-state index contributed by atoms with van der Waals surface area (Å²) in [6.07, 6.45) is -4.56. The number of hydrogen-bond acceptors (Lipinski definition) is 5. The van der Waals surface area contributed by atoms with Crippen LogP contribution in [-0.2, 0) is 40.3 Å². The minimum absolute atomic E-state index is 0.0305. The molecule has 39 heavy (non-hydrogen) atoms. The highest BCUT2D eigenvalue weighted by molar-refractivity contribution is 7.90. The zero-order chi connectivity index (χ0) is 28.8. The molecular weight excluding hydrogens is 545 g/mol. The smallest absolute Gasteiger partial charge is 0.419 e. The number of nitrogens with zero attached hydrogens (tertiary/aromatic N) is 1. The normalized spacial score (nSPS) is 12.1. The van der Waals surface area contributed by atoms with E-state index < -0.39 is 56.1 Å². The van der Waals surface area contributed by atoms with Gasteiger partial charge in [-0.25, -0.2) is 17.2 Å². The number of carbonyl (C=O) groups is 1. The van der Waals surface area contributed by atoms with Crippen molar-refractivity contribution in [3.8, 4) is 5.75 Å². The number of rotatable bonds is 12. The maximum absolute atomic E-state index is 14.7. The van der Waals surface area contributed by atoms with Crippen molar-refractivity contribution in [1.82, 2.24) is 4.90 Å². The summed E-state index contributed by atoms with van der Waals surface area (Å²) in [5.41, 5.74) is -1.11. The van der Waals surface area contributed by atoms with Gasteiger partial charge in [0.05, 0.1) is 23.5 Å². The van der Waals surface area contributed by atoms with E-state index in [0.29, 0.717) is 12.6 Å². The standard InChI is InChI=1S/C27H26F5NO5S/c1-39(36,37)24-14-20(13-23(28)21(24)15-25(34)35)38-12-6-11-33(16-18-7-3-2-4-8-18)17-19-9-5-10-22(26(19)29)27(30,31)32/h2-5,7-10,13-14H,6,11-12,15-17H2,1H3,(H,34,35). The highest BCUT2D eigenvalue weighted by atomic mass is 32.2. The van der Waals surface area contributed by atoms with Crippen molar-refractivity contribution in [2.45, 2.75) is 37.0 Å². The van der Waals surface area contributed by atoms with E-state index >= 15 is 0 Å². The second-order valence-corrected chi connectivity index (χ2v) is 10.9. The van der Waals surface area contributed by atoms with Gasteiger partial charge in [0.1, 0.15) is 17.4 Å². The minimum atomic E-state index is -4.84. The molecule has 0 amide bonds. The van der Waals surface area contributed by atoms with Crippen LogP contribution < -0.4 is 4.74 Å². The third-order valence-electron chi connectivity index (χ3n) is 5.77. The quantitative estimate of drug-likeness (QED) is 0.229. The summed E-state index contributed by atoms with van der Waals surface area (Å²) in [5, 5.41) is 8.98. The largest absolute Gasteiger partial charge is 0.493 e.